The summed E-state index contributed by atoms with van der Waals surface area (Å²) in [7, 11) is 0. The third kappa shape index (κ3) is 4.41. The van der Waals surface area contributed by atoms with Crippen molar-refractivity contribution in [1.29, 1.82) is 0 Å². The normalized spacial score (nSPS) is 10.7. The average molecular weight is 289 g/mol. The highest BCUT2D eigenvalue weighted by atomic mass is 19.1. The Hall–Kier alpha value is -2.17. The van der Waals surface area contributed by atoms with Crippen molar-refractivity contribution in [2.24, 2.45) is 0 Å². The Balaban J connectivity index is 2.26. The quantitative estimate of drug-likeness (QED) is 0.858. The lowest BCUT2D eigenvalue weighted by Crippen LogP contribution is -2.07. The van der Waals surface area contributed by atoms with Gasteiger partial charge in [0.25, 0.3) is 0 Å². The first-order valence-electron chi connectivity index (χ1n) is 7.14. The van der Waals surface area contributed by atoms with Gasteiger partial charge in [0, 0.05) is 24.6 Å². The molecule has 0 bridgehead atoms. The summed E-state index contributed by atoms with van der Waals surface area (Å²) in [5.74, 6) is 2.10. The van der Waals surface area contributed by atoms with Crippen LogP contribution in [0.15, 0.2) is 30.3 Å². The van der Waals surface area contributed by atoms with E-state index in [2.05, 4.69) is 22.2 Å². The van der Waals surface area contributed by atoms with Gasteiger partial charge in [-0.15, -0.1) is 0 Å². The van der Waals surface area contributed by atoms with Gasteiger partial charge in [0.05, 0.1) is 0 Å². The van der Waals surface area contributed by atoms with E-state index in [-0.39, 0.29) is 11.7 Å². The van der Waals surface area contributed by atoms with Gasteiger partial charge >= 0.3 is 0 Å². The standard InChI is InChI=1S/C16H20FN3O/c1-4-8-18-14-10-15(20-16(19-14)11(2)3)21-13-7-5-6-12(17)9-13/h5-7,9-11H,4,8H2,1-3H3,(H,18,19,20). The van der Waals surface area contributed by atoms with Crippen LogP contribution in [0.1, 0.15) is 38.9 Å². The fourth-order valence-corrected chi connectivity index (χ4v) is 1.75. The van der Waals surface area contributed by atoms with Crippen molar-refractivity contribution in [3.8, 4) is 11.6 Å². The van der Waals surface area contributed by atoms with Crippen molar-refractivity contribution in [2.45, 2.75) is 33.1 Å². The minimum Gasteiger partial charge on any atom is -0.439 e. The number of halogens is 1. The fourth-order valence-electron chi connectivity index (χ4n) is 1.75. The number of ether oxygens (including phenoxy) is 1. The van der Waals surface area contributed by atoms with Crippen LogP contribution in [0.2, 0.25) is 0 Å². The molecule has 2 aromatic rings. The summed E-state index contributed by atoms with van der Waals surface area (Å²) >= 11 is 0. The molecule has 112 valence electrons. The number of aromatic nitrogens is 2. The maximum Gasteiger partial charge on any atom is 0.224 e. The van der Waals surface area contributed by atoms with E-state index in [1.165, 1.54) is 12.1 Å². The van der Waals surface area contributed by atoms with Crippen LogP contribution in [-0.4, -0.2) is 16.5 Å². The van der Waals surface area contributed by atoms with E-state index in [4.69, 9.17) is 4.74 Å². The molecule has 2 rings (SSSR count). The van der Waals surface area contributed by atoms with E-state index in [1.807, 2.05) is 13.8 Å². The molecule has 0 aliphatic rings. The first-order chi connectivity index (χ1) is 10.1. The molecule has 0 fully saturated rings. The Labute approximate surface area is 124 Å². The van der Waals surface area contributed by atoms with Crippen LogP contribution in [0.25, 0.3) is 0 Å². The third-order valence-electron chi connectivity index (χ3n) is 2.81. The average Bonchev–Trinajstić information content (AvgIpc) is 2.45. The summed E-state index contributed by atoms with van der Waals surface area (Å²) in [4.78, 5) is 8.82. The van der Waals surface area contributed by atoms with Crippen LogP contribution in [0.5, 0.6) is 11.6 Å². The van der Waals surface area contributed by atoms with Gasteiger partial charge in [0.2, 0.25) is 5.88 Å². The molecule has 0 amide bonds. The molecule has 1 aromatic heterocycles. The third-order valence-corrected chi connectivity index (χ3v) is 2.81. The minimum absolute atomic E-state index is 0.184. The Morgan fingerprint density at radius 1 is 1.24 bits per heavy atom. The molecule has 0 spiro atoms. The van der Waals surface area contributed by atoms with Crippen LogP contribution >= 0.6 is 0 Å². The van der Waals surface area contributed by atoms with Crippen molar-refractivity contribution in [2.75, 3.05) is 11.9 Å². The van der Waals surface area contributed by atoms with Crippen molar-refractivity contribution in [1.82, 2.24) is 9.97 Å². The Kier molecular flexibility index (Phi) is 5.09. The number of hydrogen-bond acceptors (Lipinski definition) is 4. The Morgan fingerprint density at radius 3 is 2.71 bits per heavy atom. The van der Waals surface area contributed by atoms with E-state index in [0.717, 1.165) is 18.8 Å². The highest BCUT2D eigenvalue weighted by Gasteiger charge is 2.10. The maximum atomic E-state index is 13.2. The van der Waals surface area contributed by atoms with Crippen molar-refractivity contribution in [3.63, 3.8) is 0 Å². The number of hydrogen-bond donors (Lipinski definition) is 1. The molecule has 0 saturated heterocycles. The van der Waals surface area contributed by atoms with Crippen LogP contribution in [-0.2, 0) is 0 Å². The predicted molar refractivity (Wildman–Crippen MR) is 81.4 cm³/mol. The van der Waals surface area contributed by atoms with Crippen LogP contribution in [0, 0.1) is 5.82 Å². The second kappa shape index (κ2) is 7.02. The molecule has 5 heteroatoms. The van der Waals surface area contributed by atoms with E-state index in [1.54, 1.807) is 18.2 Å². The molecule has 0 atom stereocenters. The molecule has 1 aromatic carbocycles. The minimum atomic E-state index is -0.338. The largest absolute Gasteiger partial charge is 0.439 e. The molecule has 0 unspecified atom stereocenters. The zero-order valence-electron chi connectivity index (χ0n) is 12.6. The Bertz CT molecular complexity index is 602. The lowest BCUT2D eigenvalue weighted by molar-refractivity contribution is 0.453. The summed E-state index contributed by atoms with van der Waals surface area (Å²) in [6.45, 7) is 6.95. The lowest BCUT2D eigenvalue weighted by atomic mass is 10.2. The van der Waals surface area contributed by atoms with E-state index < -0.39 is 0 Å². The number of nitrogens with one attached hydrogen (secondary N) is 1. The second-order valence-corrected chi connectivity index (χ2v) is 5.09. The first kappa shape index (κ1) is 15.2. The van der Waals surface area contributed by atoms with Crippen LogP contribution in [0.4, 0.5) is 10.2 Å². The van der Waals surface area contributed by atoms with Gasteiger partial charge in [-0.2, -0.15) is 4.98 Å². The smallest absolute Gasteiger partial charge is 0.224 e. The van der Waals surface area contributed by atoms with Crippen molar-refractivity contribution >= 4 is 5.82 Å². The molecule has 0 radical (unpaired) electrons. The van der Waals surface area contributed by atoms with E-state index in [0.29, 0.717) is 17.5 Å². The first-order valence-corrected chi connectivity index (χ1v) is 7.14. The highest BCUT2D eigenvalue weighted by Crippen LogP contribution is 2.24. The summed E-state index contributed by atoms with van der Waals surface area (Å²) < 4.78 is 18.8. The molecule has 0 aliphatic carbocycles. The molecule has 0 aliphatic heterocycles. The zero-order valence-corrected chi connectivity index (χ0v) is 12.6. The maximum absolute atomic E-state index is 13.2. The van der Waals surface area contributed by atoms with Gasteiger partial charge in [-0.05, 0) is 18.6 Å². The van der Waals surface area contributed by atoms with Gasteiger partial charge in [-0.1, -0.05) is 26.8 Å². The molecule has 1 heterocycles. The van der Waals surface area contributed by atoms with Gasteiger partial charge < -0.3 is 10.1 Å². The number of nitrogens with zero attached hydrogens (tertiary/aromatic N) is 2. The number of benzene rings is 1. The zero-order chi connectivity index (χ0) is 15.2. The molecular formula is C16H20FN3O. The molecular weight excluding hydrogens is 269 g/mol. The Morgan fingerprint density at radius 2 is 2.05 bits per heavy atom. The predicted octanol–water partition coefficient (Wildman–Crippen LogP) is 4.35. The van der Waals surface area contributed by atoms with Crippen LogP contribution in [0.3, 0.4) is 0 Å². The summed E-state index contributed by atoms with van der Waals surface area (Å²) in [6, 6.07) is 7.73. The summed E-state index contributed by atoms with van der Waals surface area (Å²) in [5, 5.41) is 3.22. The summed E-state index contributed by atoms with van der Waals surface area (Å²) in [5.41, 5.74) is 0. The van der Waals surface area contributed by atoms with Gasteiger partial charge in [-0.25, -0.2) is 9.37 Å². The highest BCUT2D eigenvalue weighted by molar-refractivity contribution is 5.40. The van der Waals surface area contributed by atoms with E-state index in [9.17, 15) is 4.39 Å². The molecule has 1 N–H and O–H groups in total. The second-order valence-electron chi connectivity index (χ2n) is 5.09. The molecule has 4 nitrogen and oxygen atoms in total. The van der Waals surface area contributed by atoms with Crippen molar-refractivity contribution < 1.29 is 9.13 Å². The fraction of sp³-hybridized carbons (Fsp3) is 0.375. The number of rotatable bonds is 6. The SMILES string of the molecule is CCCNc1cc(Oc2cccc(F)c2)nc(C(C)C)n1. The summed E-state index contributed by atoms with van der Waals surface area (Å²) in [6.07, 6.45) is 1.00. The van der Waals surface area contributed by atoms with Gasteiger partial charge in [0.15, 0.2) is 0 Å². The topological polar surface area (TPSA) is 47.0 Å². The number of anilines is 1. The van der Waals surface area contributed by atoms with Gasteiger partial charge in [0.1, 0.15) is 23.2 Å². The van der Waals surface area contributed by atoms with Crippen LogP contribution < -0.4 is 10.1 Å². The monoisotopic (exact) mass is 289 g/mol. The molecule has 0 saturated carbocycles. The lowest BCUT2D eigenvalue weighted by Gasteiger charge is -2.12. The van der Waals surface area contributed by atoms with Crippen molar-refractivity contribution in [3.05, 3.63) is 42.0 Å². The van der Waals surface area contributed by atoms with E-state index >= 15 is 0 Å². The van der Waals surface area contributed by atoms with Gasteiger partial charge in [-0.3, -0.25) is 0 Å². The molecule has 21 heavy (non-hydrogen) atoms.